The maximum Gasteiger partial charge on any atom is 0.429 e. The highest BCUT2D eigenvalue weighted by Crippen LogP contribution is 2.44. The summed E-state index contributed by atoms with van der Waals surface area (Å²) in [6, 6.07) is 16.5. The first kappa shape index (κ1) is 13.6. The lowest BCUT2D eigenvalue weighted by atomic mass is 9.98. The van der Waals surface area contributed by atoms with Gasteiger partial charge >= 0.3 is 6.09 Å². The fraction of sp³-hybridized carbons (Fsp3) is 0.235. The Balaban J connectivity index is 1.81. The summed E-state index contributed by atoms with van der Waals surface area (Å²) in [6.45, 7) is 0.960. The molecule has 1 radical (unpaired) electrons. The second-order valence-electron chi connectivity index (χ2n) is 4.97. The van der Waals surface area contributed by atoms with Crippen LogP contribution in [0.4, 0.5) is 4.79 Å². The van der Waals surface area contributed by atoms with Crippen molar-refractivity contribution in [2.24, 2.45) is 5.73 Å². The van der Waals surface area contributed by atoms with Crippen LogP contribution in [0.3, 0.4) is 0 Å². The maximum atomic E-state index is 11.5. The van der Waals surface area contributed by atoms with E-state index in [4.69, 9.17) is 10.5 Å². The van der Waals surface area contributed by atoms with Gasteiger partial charge in [0.25, 0.3) is 0 Å². The lowest BCUT2D eigenvalue weighted by molar-refractivity contribution is 0.142. The minimum atomic E-state index is -0.540. The van der Waals surface area contributed by atoms with Crippen molar-refractivity contribution in [3.8, 4) is 11.1 Å². The molecule has 0 fully saturated rings. The van der Waals surface area contributed by atoms with Crippen molar-refractivity contribution in [3.05, 3.63) is 59.7 Å². The Kier molecular flexibility index (Phi) is 3.88. The largest absolute Gasteiger partial charge is 0.447 e. The van der Waals surface area contributed by atoms with Crippen LogP contribution in [-0.2, 0) is 4.74 Å². The Bertz CT molecular complexity index is 609. The molecule has 0 bridgehead atoms. The molecular weight excluding hydrogens is 264 g/mol. The van der Waals surface area contributed by atoms with Crippen LogP contribution in [0.25, 0.3) is 11.1 Å². The number of nitrogens with two attached hydrogens (primary N) is 1. The third kappa shape index (κ3) is 2.62. The molecule has 1 aliphatic carbocycles. The summed E-state index contributed by atoms with van der Waals surface area (Å²) in [5.41, 5.74) is 10.2. The van der Waals surface area contributed by atoms with Crippen LogP contribution >= 0.6 is 0 Å². The van der Waals surface area contributed by atoms with E-state index in [0.717, 1.165) is 0 Å². The summed E-state index contributed by atoms with van der Waals surface area (Å²) in [5, 5.41) is 3.73. The number of hydrogen-bond acceptors (Lipinski definition) is 3. The molecule has 0 spiro atoms. The van der Waals surface area contributed by atoms with Gasteiger partial charge in [-0.25, -0.2) is 10.1 Å². The smallest absolute Gasteiger partial charge is 0.429 e. The summed E-state index contributed by atoms with van der Waals surface area (Å²) in [6.07, 6.45) is -0.540. The van der Waals surface area contributed by atoms with E-state index in [1.165, 1.54) is 22.3 Å². The molecule has 21 heavy (non-hydrogen) atoms. The third-order valence-electron chi connectivity index (χ3n) is 3.71. The number of benzene rings is 2. The summed E-state index contributed by atoms with van der Waals surface area (Å²) in [5.74, 6) is 0.0782. The number of carbonyl (C=O) groups is 1. The van der Waals surface area contributed by atoms with Crippen LogP contribution in [0.1, 0.15) is 17.0 Å². The van der Waals surface area contributed by atoms with Crippen LogP contribution < -0.4 is 11.1 Å². The Labute approximate surface area is 123 Å². The molecule has 1 aliphatic rings. The van der Waals surface area contributed by atoms with Gasteiger partial charge in [-0.3, -0.25) is 0 Å². The topological polar surface area (TPSA) is 66.4 Å². The number of hydrogen-bond donors (Lipinski definition) is 1. The Morgan fingerprint density at radius 3 is 2.19 bits per heavy atom. The summed E-state index contributed by atoms with van der Waals surface area (Å²) < 4.78 is 5.28. The molecule has 0 heterocycles. The zero-order chi connectivity index (χ0) is 14.7. The summed E-state index contributed by atoms with van der Waals surface area (Å²) >= 11 is 0. The minimum Gasteiger partial charge on any atom is -0.447 e. The molecule has 0 unspecified atom stereocenters. The lowest BCUT2D eigenvalue weighted by Gasteiger charge is -2.13. The van der Waals surface area contributed by atoms with Crippen molar-refractivity contribution in [1.29, 1.82) is 0 Å². The molecule has 2 aromatic rings. The molecule has 0 saturated heterocycles. The van der Waals surface area contributed by atoms with Gasteiger partial charge in [-0.15, -0.1) is 0 Å². The monoisotopic (exact) mass is 281 g/mol. The van der Waals surface area contributed by atoms with Crippen LogP contribution in [0.5, 0.6) is 0 Å². The van der Waals surface area contributed by atoms with Crippen molar-refractivity contribution >= 4 is 6.09 Å². The average molecular weight is 281 g/mol. The van der Waals surface area contributed by atoms with Crippen molar-refractivity contribution in [1.82, 2.24) is 5.32 Å². The van der Waals surface area contributed by atoms with Gasteiger partial charge in [0, 0.05) is 12.5 Å². The van der Waals surface area contributed by atoms with Crippen LogP contribution in [0.2, 0.25) is 0 Å². The highest BCUT2D eigenvalue weighted by atomic mass is 16.5. The van der Waals surface area contributed by atoms with Crippen molar-refractivity contribution in [3.63, 3.8) is 0 Å². The van der Waals surface area contributed by atoms with Gasteiger partial charge in [0.05, 0.1) is 6.54 Å². The number of ether oxygens (including phenoxy) is 1. The van der Waals surface area contributed by atoms with Gasteiger partial charge < -0.3 is 10.5 Å². The Morgan fingerprint density at radius 2 is 1.62 bits per heavy atom. The predicted octanol–water partition coefficient (Wildman–Crippen LogP) is 2.50. The molecule has 0 aliphatic heterocycles. The SMILES string of the molecule is NCC[N]C(=O)OCC1c2ccccc2-c2ccccc21. The standard InChI is InChI=1S/C17H17N2O2/c18-9-10-19-17(20)21-11-16-14-7-3-1-5-12(14)13-6-2-4-8-15(13)16/h1-8,16H,9-11,18H2. The van der Waals surface area contributed by atoms with Gasteiger partial charge in [0.15, 0.2) is 0 Å². The van der Waals surface area contributed by atoms with Crippen molar-refractivity contribution < 1.29 is 9.53 Å². The first-order valence-corrected chi connectivity index (χ1v) is 7.04. The summed E-state index contributed by atoms with van der Waals surface area (Å²) in [4.78, 5) is 11.5. The van der Waals surface area contributed by atoms with E-state index in [1.807, 2.05) is 24.3 Å². The van der Waals surface area contributed by atoms with E-state index >= 15 is 0 Å². The molecule has 0 aromatic heterocycles. The van der Waals surface area contributed by atoms with Crippen LogP contribution in [-0.4, -0.2) is 25.8 Å². The van der Waals surface area contributed by atoms with Gasteiger partial charge in [0.2, 0.25) is 0 Å². The Hall–Kier alpha value is -2.33. The quantitative estimate of drug-likeness (QED) is 0.936. The molecule has 2 N–H and O–H groups in total. The van der Waals surface area contributed by atoms with Gasteiger partial charge in [-0.05, 0) is 22.3 Å². The molecule has 4 nitrogen and oxygen atoms in total. The van der Waals surface area contributed by atoms with E-state index in [-0.39, 0.29) is 5.92 Å². The molecule has 3 rings (SSSR count). The fourth-order valence-electron chi connectivity index (χ4n) is 2.80. The highest BCUT2D eigenvalue weighted by molar-refractivity contribution is 5.79. The normalized spacial score (nSPS) is 12.6. The zero-order valence-corrected chi connectivity index (χ0v) is 11.7. The summed E-state index contributed by atoms with van der Waals surface area (Å²) in [7, 11) is 0. The van der Waals surface area contributed by atoms with Crippen LogP contribution in [0.15, 0.2) is 48.5 Å². The van der Waals surface area contributed by atoms with Gasteiger partial charge in [-0.1, -0.05) is 48.5 Å². The fourth-order valence-corrected chi connectivity index (χ4v) is 2.80. The maximum absolute atomic E-state index is 11.5. The second-order valence-corrected chi connectivity index (χ2v) is 4.97. The number of fused-ring (bicyclic) bond motifs is 3. The highest BCUT2D eigenvalue weighted by Gasteiger charge is 2.28. The number of amides is 1. The van der Waals surface area contributed by atoms with Gasteiger partial charge in [0.1, 0.15) is 6.61 Å². The minimum absolute atomic E-state index is 0.0782. The van der Waals surface area contributed by atoms with Crippen molar-refractivity contribution in [2.45, 2.75) is 5.92 Å². The van der Waals surface area contributed by atoms with E-state index in [9.17, 15) is 4.79 Å². The predicted molar refractivity (Wildman–Crippen MR) is 81.1 cm³/mol. The van der Waals surface area contributed by atoms with Crippen LogP contribution in [0, 0.1) is 0 Å². The zero-order valence-electron chi connectivity index (χ0n) is 11.7. The molecule has 4 heteroatoms. The van der Waals surface area contributed by atoms with Gasteiger partial charge in [-0.2, -0.15) is 0 Å². The lowest BCUT2D eigenvalue weighted by Crippen LogP contribution is -2.24. The van der Waals surface area contributed by atoms with E-state index in [1.54, 1.807) is 0 Å². The molecule has 0 saturated carbocycles. The second kappa shape index (κ2) is 5.97. The number of nitrogens with zero attached hydrogens (tertiary/aromatic N) is 1. The molecule has 1 amide bonds. The molecular formula is C17H17N2O2. The van der Waals surface area contributed by atoms with E-state index in [2.05, 4.69) is 29.6 Å². The average Bonchev–Trinajstić information content (AvgIpc) is 2.85. The molecule has 0 atom stereocenters. The Morgan fingerprint density at radius 1 is 1.05 bits per heavy atom. The van der Waals surface area contributed by atoms with E-state index in [0.29, 0.717) is 19.7 Å². The third-order valence-corrected chi connectivity index (χ3v) is 3.71. The first-order valence-electron chi connectivity index (χ1n) is 7.04. The van der Waals surface area contributed by atoms with Crippen molar-refractivity contribution in [2.75, 3.05) is 19.7 Å². The van der Waals surface area contributed by atoms with E-state index < -0.39 is 6.09 Å². The number of rotatable bonds is 4. The first-order chi connectivity index (χ1) is 10.3. The number of carbonyl (C=O) groups excluding carboxylic acids is 1. The molecule has 2 aromatic carbocycles. The molecule has 107 valence electrons.